The minimum atomic E-state index is -0.219. The van der Waals surface area contributed by atoms with Gasteiger partial charge in [0.15, 0.2) is 0 Å². The number of halogens is 1. The van der Waals surface area contributed by atoms with Crippen LogP contribution in [0.2, 0.25) is 5.02 Å². The average Bonchev–Trinajstić information content (AvgIpc) is 3.25. The predicted octanol–water partition coefficient (Wildman–Crippen LogP) is 5.86. The number of nitrogens with zero attached hydrogens (tertiary/aromatic N) is 4. The van der Waals surface area contributed by atoms with Crippen LogP contribution >= 0.6 is 11.6 Å². The molecule has 6 nitrogen and oxygen atoms in total. The van der Waals surface area contributed by atoms with E-state index in [0.29, 0.717) is 17.9 Å². The third-order valence-corrected chi connectivity index (χ3v) is 5.82. The van der Waals surface area contributed by atoms with Gasteiger partial charge in [0.2, 0.25) is 0 Å². The lowest BCUT2D eigenvalue weighted by atomic mass is 9.88. The second-order valence-electron chi connectivity index (χ2n) is 8.21. The Labute approximate surface area is 200 Å². The van der Waals surface area contributed by atoms with Crippen LogP contribution in [-0.2, 0) is 9.53 Å². The highest BCUT2D eigenvalue weighted by molar-refractivity contribution is 6.31. The summed E-state index contributed by atoms with van der Waals surface area (Å²) < 4.78 is 6.26. The fraction of sp³-hybridized carbons (Fsp3) is 0.385. The fourth-order valence-electron chi connectivity index (χ4n) is 3.70. The molecule has 0 unspecified atom stereocenters. The quantitative estimate of drug-likeness (QED) is 0.451. The Hall–Kier alpha value is -2.83. The number of hydrogen-bond acceptors (Lipinski definition) is 5. The lowest BCUT2D eigenvalue weighted by Gasteiger charge is -2.18. The molecule has 0 spiro atoms. The van der Waals surface area contributed by atoms with E-state index in [0.717, 1.165) is 40.7 Å². The number of carbonyl (C=O) groups is 1. The number of aliphatic imine (C=N–C) groups is 1. The summed E-state index contributed by atoms with van der Waals surface area (Å²) in [5.74, 6) is 1.88. The van der Waals surface area contributed by atoms with Crippen LogP contribution < -0.4 is 0 Å². The number of pyridine rings is 1. The Kier molecular flexibility index (Phi) is 9.34. The van der Waals surface area contributed by atoms with Crippen molar-refractivity contribution in [2.24, 2.45) is 10.9 Å². The number of ether oxygens (including phenoxy) is 1. The first-order valence-electron chi connectivity index (χ1n) is 11.3. The third-order valence-electron chi connectivity index (χ3n) is 5.58. The second-order valence-corrected chi connectivity index (χ2v) is 8.65. The van der Waals surface area contributed by atoms with Gasteiger partial charge in [0.25, 0.3) is 0 Å². The van der Waals surface area contributed by atoms with Crippen LogP contribution in [0.25, 0.3) is 5.69 Å². The molecule has 5 rings (SSSR count). The number of fused-ring (bicyclic) bond motifs is 3. The zero-order valence-corrected chi connectivity index (χ0v) is 20.2. The number of aldehydes is 1. The van der Waals surface area contributed by atoms with E-state index in [4.69, 9.17) is 16.6 Å². The number of carbonyl (C=O) groups excluding carboxylic acids is 1. The van der Waals surface area contributed by atoms with E-state index in [1.165, 1.54) is 19.3 Å². The number of benzene rings is 1. The van der Waals surface area contributed by atoms with Crippen molar-refractivity contribution in [3.05, 3.63) is 77.1 Å². The van der Waals surface area contributed by atoms with E-state index in [1.54, 1.807) is 26.6 Å². The molecule has 0 amide bonds. The van der Waals surface area contributed by atoms with Crippen LogP contribution in [0.3, 0.4) is 0 Å². The van der Waals surface area contributed by atoms with Gasteiger partial charge in [0.05, 0.1) is 17.1 Å². The molecular weight excluding hydrogens is 436 g/mol. The first kappa shape index (κ1) is 24.8. The van der Waals surface area contributed by atoms with Gasteiger partial charge < -0.3 is 14.1 Å². The lowest BCUT2D eigenvalue weighted by Crippen LogP contribution is -2.08. The van der Waals surface area contributed by atoms with Crippen molar-refractivity contribution in [1.29, 1.82) is 0 Å². The van der Waals surface area contributed by atoms with Crippen LogP contribution in [0.5, 0.6) is 0 Å². The molecule has 2 aliphatic rings. The number of methoxy groups -OCH3 is 1. The molecule has 1 aliphatic heterocycles. The monoisotopic (exact) mass is 466 g/mol. The molecule has 1 saturated carbocycles. The van der Waals surface area contributed by atoms with Gasteiger partial charge in [-0.2, -0.15) is 0 Å². The zero-order chi connectivity index (χ0) is 23.6. The molecule has 0 radical (unpaired) electrons. The van der Waals surface area contributed by atoms with Gasteiger partial charge in [0.1, 0.15) is 18.2 Å². The molecule has 2 aromatic heterocycles. The van der Waals surface area contributed by atoms with Gasteiger partial charge in [-0.05, 0) is 42.7 Å². The summed E-state index contributed by atoms with van der Waals surface area (Å²) in [5, 5.41) is 0.635. The maximum Gasteiger partial charge on any atom is 0.138 e. The zero-order valence-electron chi connectivity index (χ0n) is 19.4. The maximum atomic E-state index is 10.9. The highest BCUT2D eigenvalue weighted by Gasteiger charge is 2.26. The maximum absolute atomic E-state index is 10.9. The van der Waals surface area contributed by atoms with E-state index in [-0.39, 0.29) is 6.04 Å². The average molecular weight is 467 g/mol. The van der Waals surface area contributed by atoms with Crippen molar-refractivity contribution in [2.45, 2.75) is 45.1 Å². The minimum absolute atomic E-state index is 0.219. The van der Waals surface area contributed by atoms with E-state index in [9.17, 15) is 4.79 Å². The molecule has 1 fully saturated rings. The van der Waals surface area contributed by atoms with E-state index >= 15 is 0 Å². The summed E-state index contributed by atoms with van der Waals surface area (Å²) in [6.45, 7) is 2.31. The number of imidazole rings is 1. The smallest absolute Gasteiger partial charge is 0.138 e. The molecule has 1 aliphatic carbocycles. The van der Waals surface area contributed by atoms with Crippen molar-refractivity contribution < 1.29 is 9.53 Å². The second kappa shape index (κ2) is 12.4. The number of rotatable bonds is 4. The molecule has 174 valence electrons. The largest absolute Gasteiger partial charge is 0.388 e. The molecule has 3 aromatic rings. The van der Waals surface area contributed by atoms with E-state index in [1.807, 2.05) is 47.2 Å². The number of aromatic nitrogens is 3. The molecule has 1 aromatic carbocycles. The lowest BCUT2D eigenvalue weighted by molar-refractivity contribution is -0.108. The van der Waals surface area contributed by atoms with Crippen molar-refractivity contribution >= 4 is 23.6 Å². The van der Waals surface area contributed by atoms with Gasteiger partial charge in [-0.1, -0.05) is 43.9 Å². The SMILES string of the molecule is CC1CCC1.COC.O=CCC[C@@H]1N=C(c2ccccn2)c2cc(Cl)ccc2-n2ccnc21. The van der Waals surface area contributed by atoms with Crippen molar-refractivity contribution in [2.75, 3.05) is 14.2 Å². The van der Waals surface area contributed by atoms with Gasteiger partial charge in [-0.25, -0.2) is 4.98 Å². The van der Waals surface area contributed by atoms with E-state index < -0.39 is 0 Å². The fourth-order valence-corrected chi connectivity index (χ4v) is 3.87. The number of hydrogen-bond donors (Lipinski definition) is 0. The summed E-state index contributed by atoms with van der Waals surface area (Å²) in [6, 6.07) is 11.2. The van der Waals surface area contributed by atoms with Crippen LogP contribution in [0.1, 0.15) is 62.2 Å². The highest BCUT2D eigenvalue weighted by atomic mass is 35.5. The molecule has 0 bridgehead atoms. The minimum Gasteiger partial charge on any atom is -0.388 e. The highest BCUT2D eigenvalue weighted by Crippen LogP contribution is 2.33. The van der Waals surface area contributed by atoms with Gasteiger partial charge in [0, 0.05) is 49.8 Å². The summed E-state index contributed by atoms with van der Waals surface area (Å²) in [5.41, 5.74) is 3.39. The summed E-state index contributed by atoms with van der Waals surface area (Å²) in [4.78, 5) is 24.8. The molecular formula is C26H31ClN4O2. The Morgan fingerprint density at radius 2 is 1.91 bits per heavy atom. The normalized spacial score (nSPS) is 16.4. The molecule has 7 heteroatoms. The molecule has 0 saturated heterocycles. The topological polar surface area (TPSA) is 69.4 Å². The van der Waals surface area contributed by atoms with Crippen LogP contribution in [0, 0.1) is 5.92 Å². The molecule has 33 heavy (non-hydrogen) atoms. The van der Waals surface area contributed by atoms with Crippen LogP contribution in [0.4, 0.5) is 0 Å². The van der Waals surface area contributed by atoms with Crippen molar-refractivity contribution in [3.8, 4) is 5.69 Å². The summed E-state index contributed by atoms with van der Waals surface area (Å²) in [7, 11) is 3.25. The first-order chi connectivity index (χ1) is 16.1. The Bertz CT molecular complexity index is 1060. The summed E-state index contributed by atoms with van der Waals surface area (Å²) >= 11 is 6.26. The van der Waals surface area contributed by atoms with Gasteiger partial charge >= 0.3 is 0 Å². The Morgan fingerprint density at radius 1 is 1.15 bits per heavy atom. The Balaban J connectivity index is 0.000000328. The molecule has 1 atom stereocenters. The van der Waals surface area contributed by atoms with Crippen LogP contribution in [-0.4, -0.2) is 40.8 Å². The van der Waals surface area contributed by atoms with Gasteiger partial charge in [-0.15, -0.1) is 0 Å². The van der Waals surface area contributed by atoms with Crippen molar-refractivity contribution in [1.82, 2.24) is 14.5 Å². The molecule has 3 heterocycles. The summed E-state index contributed by atoms with van der Waals surface area (Å²) in [6.07, 6.45) is 11.8. The first-order valence-corrected chi connectivity index (χ1v) is 11.6. The van der Waals surface area contributed by atoms with Crippen molar-refractivity contribution in [3.63, 3.8) is 0 Å². The van der Waals surface area contributed by atoms with E-state index in [2.05, 4.69) is 21.6 Å². The van der Waals surface area contributed by atoms with Crippen LogP contribution in [0.15, 0.2) is 60.0 Å². The predicted molar refractivity (Wildman–Crippen MR) is 132 cm³/mol. The Morgan fingerprint density at radius 3 is 2.52 bits per heavy atom. The molecule has 0 N–H and O–H groups in total. The third kappa shape index (κ3) is 6.36. The van der Waals surface area contributed by atoms with Gasteiger partial charge in [-0.3, -0.25) is 9.98 Å². The standard InChI is InChI=1S/C19H15ClN4O.C5H10.C2H6O/c20-13-6-7-17-14(12-13)18(15-4-1-2-8-21-15)23-16(5-3-11-25)19-22-9-10-24(17)19;1-5-3-2-4-5;1-3-2/h1-2,4,6-12,16H,3,5H2;5H,2-4H2,1H3;1-2H3/t16-;;/m0../s1.